The third-order valence-corrected chi connectivity index (χ3v) is 2.93. The van der Waals surface area contributed by atoms with Crippen molar-refractivity contribution in [3.63, 3.8) is 0 Å². The molecule has 1 aromatic carbocycles. The van der Waals surface area contributed by atoms with Gasteiger partial charge in [0.05, 0.1) is 6.54 Å². The van der Waals surface area contributed by atoms with E-state index in [1.54, 1.807) is 0 Å². The number of ether oxygens (including phenoxy) is 1. The van der Waals surface area contributed by atoms with Crippen LogP contribution in [0.3, 0.4) is 0 Å². The van der Waals surface area contributed by atoms with E-state index in [-0.39, 0.29) is 11.9 Å². The van der Waals surface area contributed by atoms with Crippen LogP contribution in [0.25, 0.3) is 0 Å². The van der Waals surface area contributed by atoms with E-state index in [0.29, 0.717) is 13.2 Å². The zero-order chi connectivity index (χ0) is 15.0. The lowest BCUT2D eigenvalue weighted by Gasteiger charge is -2.20. The Balaban J connectivity index is 2.32. The minimum Gasteiger partial charge on any atom is -0.492 e. The van der Waals surface area contributed by atoms with Crippen molar-refractivity contribution >= 4 is 5.91 Å². The normalized spacial score (nSPS) is 10.9. The minimum atomic E-state index is 0.0670. The zero-order valence-corrected chi connectivity index (χ0v) is 13.0. The molecule has 4 nitrogen and oxygen atoms in total. The highest BCUT2D eigenvalue weighted by atomic mass is 16.5. The summed E-state index contributed by atoms with van der Waals surface area (Å²) in [5.41, 5.74) is 1.19. The molecule has 0 heterocycles. The summed E-state index contributed by atoms with van der Waals surface area (Å²) in [5, 5.41) is 2.90. The molecule has 0 aliphatic rings. The highest BCUT2D eigenvalue weighted by molar-refractivity contribution is 5.78. The van der Waals surface area contributed by atoms with Gasteiger partial charge < -0.3 is 10.1 Å². The van der Waals surface area contributed by atoms with Crippen LogP contribution >= 0.6 is 0 Å². The van der Waals surface area contributed by atoms with Crippen LogP contribution < -0.4 is 10.1 Å². The molecule has 0 aliphatic carbocycles. The molecule has 20 heavy (non-hydrogen) atoms. The van der Waals surface area contributed by atoms with Crippen molar-refractivity contribution in [3.8, 4) is 5.75 Å². The van der Waals surface area contributed by atoms with Crippen molar-refractivity contribution in [1.82, 2.24) is 10.2 Å². The molecule has 0 atom stereocenters. The van der Waals surface area contributed by atoms with Crippen LogP contribution in [0.2, 0.25) is 0 Å². The highest BCUT2D eigenvalue weighted by Gasteiger charge is 2.09. The fourth-order valence-corrected chi connectivity index (χ4v) is 1.92. The summed E-state index contributed by atoms with van der Waals surface area (Å²) in [6, 6.07) is 8.18. The molecule has 0 aromatic heterocycles. The summed E-state index contributed by atoms with van der Waals surface area (Å²) >= 11 is 0. The van der Waals surface area contributed by atoms with Crippen molar-refractivity contribution in [1.29, 1.82) is 0 Å². The molecule has 1 aromatic rings. The summed E-state index contributed by atoms with van der Waals surface area (Å²) in [6.07, 6.45) is 0. The monoisotopic (exact) mass is 278 g/mol. The molecule has 0 saturated heterocycles. The molecule has 1 amide bonds. The van der Waals surface area contributed by atoms with E-state index in [0.717, 1.165) is 18.8 Å². The molecule has 112 valence electrons. The second-order valence-electron chi connectivity index (χ2n) is 5.26. The fourth-order valence-electron chi connectivity index (χ4n) is 1.92. The Bertz CT molecular complexity index is 419. The van der Waals surface area contributed by atoms with Gasteiger partial charge in [-0.15, -0.1) is 0 Å². The first-order valence-corrected chi connectivity index (χ1v) is 7.22. The first-order chi connectivity index (χ1) is 9.51. The Hall–Kier alpha value is -1.55. The molecule has 0 fully saturated rings. The second-order valence-corrected chi connectivity index (χ2v) is 5.26. The van der Waals surface area contributed by atoms with E-state index >= 15 is 0 Å². The highest BCUT2D eigenvalue weighted by Crippen LogP contribution is 2.12. The number of amides is 1. The molecule has 0 radical (unpaired) electrons. The van der Waals surface area contributed by atoms with Gasteiger partial charge in [0.1, 0.15) is 12.4 Å². The van der Waals surface area contributed by atoms with Crippen LogP contribution in [0.15, 0.2) is 24.3 Å². The quantitative estimate of drug-likeness (QED) is 0.793. The van der Waals surface area contributed by atoms with Crippen molar-refractivity contribution in [2.24, 2.45) is 0 Å². The van der Waals surface area contributed by atoms with E-state index in [2.05, 4.69) is 17.1 Å². The van der Waals surface area contributed by atoms with Crippen LogP contribution in [0.5, 0.6) is 5.75 Å². The van der Waals surface area contributed by atoms with Crippen molar-refractivity contribution in [3.05, 3.63) is 29.8 Å². The Morgan fingerprint density at radius 2 is 2.15 bits per heavy atom. The fraction of sp³-hybridized carbons (Fsp3) is 0.562. The Kier molecular flexibility index (Phi) is 7.09. The summed E-state index contributed by atoms with van der Waals surface area (Å²) < 4.78 is 5.71. The van der Waals surface area contributed by atoms with E-state index in [1.165, 1.54) is 5.56 Å². The first-order valence-electron chi connectivity index (χ1n) is 7.22. The van der Waals surface area contributed by atoms with Crippen molar-refractivity contribution < 1.29 is 9.53 Å². The van der Waals surface area contributed by atoms with Crippen molar-refractivity contribution in [2.45, 2.75) is 33.7 Å². The number of likely N-dealkylation sites (N-methyl/N-ethyl adjacent to an activating group) is 1. The summed E-state index contributed by atoms with van der Waals surface area (Å²) in [6.45, 7) is 10.6. The number of carbonyl (C=O) groups is 1. The van der Waals surface area contributed by atoms with Crippen LogP contribution in [-0.2, 0) is 4.79 Å². The number of benzene rings is 1. The molecular weight excluding hydrogens is 252 g/mol. The van der Waals surface area contributed by atoms with E-state index < -0.39 is 0 Å². The van der Waals surface area contributed by atoms with Gasteiger partial charge >= 0.3 is 0 Å². The number of hydrogen-bond donors (Lipinski definition) is 1. The average Bonchev–Trinajstić information content (AvgIpc) is 2.36. The van der Waals surface area contributed by atoms with Gasteiger partial charge in [0.15, 0.2) is 0 Å². The number of hydrogen-bond acceptors (Lipinski definition) is 3. The summed E-state index contributed by atoms with van der Waals surface area (Å²) in [7, 11) is 0. The number of nitrogens with one attached hydrogen (secondary N) is 1. The van der Waals surface area contributed by atoms with E-state index in [4.69, 9.17) is 4.74 Å². The van der Waals surface area contributed by atoms with E-state index in [9.17, 15) is 4.79 Å². The molecule has 0 bridgehead atoms. The van der Waals surface area contributed by atoms with Crippen LogP contribution in [0, 0.1) is 6.92 Å². The number of rotatable bonds is 8. The predicted octanol–water partition coefficient (Wildman–Crippen LogP) is 2.22. The lowest BCUT2D eigenvalue weighted by molar-refractivity contribution is -0.122. The van der Waals surface area contributed by atoms with Gasteiger partial charge in [-0.2, -0.15) is 0 Å². The van der Waals surface area contributed by atoms with Crippen LogP contribution in [-0.4, -0.2) is 43.1 Å². The Morgan fingerprint density at radius 3 is 2.75 bits per heavy atom. The number of carbonyl (C=O) groups excluding carboxylic acids is 1. The minimum absolute atomic E-state index is 0.0670. The average molecular weight is 278 g/mol. The van der Waals surface area contributed by atoms with Crippen LogP contribution in [0.4, 0.5) is 0 Å². The molecule has 0 aliphatic heterocycles. The molecule has 0 unspecified atom stereocenters. The second kappa shape index (κ2) is 8.59. The van der Waals surface area contributed by atoms with Gasteiger partial charge in [-0.1, -0.05) is 19.1 Å². The summed E-state index contributed by atoms with van der Waals surface area (Å²) in [5.74, 6) is 0.949. The van der Waals surface area contributed by atoms with Gasteiger partial charge in [0.25, 0.3) is 0 Å². The Morgan fingerprint density at radius 1 is 1.40 bits per heavy atom. The number of nitrogens with zero attached hydrogens (tertiary/aromatic N) is 1. The van der Waals surface area contributed by atoms with Gasteiger partial charge in [-0.05, 0) is 45.0 Å². The molecule has 0 spiro atoms. The predicted molar refractivity (Wildman–Crippen MR) is 82.1 cm³/mol. The van der Waals surface area contributed by atoms with E-state index in [1.807, 2.05) is 45.0 Å². The standard InChI is InChI=1S/C16H26N2O2/c1-5-18(12-16(19)17-13(2)3)9-10-20-15-8-6-7-14(4)11-15/h6-8,11,13H,5,9-10,12H2,1-4H3,(H,17,19). The maximum atomic E-state index is 11.7. The van der Waals surface area contributed by atoms with Crippen molar-refractivity contribution in [2.75, 3.05) is 26.2 Å². The Labute approximate surface area is 122 Å². The third-order valence-electron chi connectivity index (χ3n) is 2.93. The van der Waals surface area contributed by atoms with Gasteiger partial charge in [-0.3, -0.25) is 9.69 Å². The van der Waals surface area contributed by atoms with Gasteiger partial charge in [-0.25, -0.2) is 0 Å². The summed E-state index contributed by atoms with van der Waals surface area (Å²) in [4.78, 5) is 13.8. The third kappa shape index (κ3) is 6.57. The smallest absolute Gasteiger partial charge is 0.234 e. The van der Waals surface area contributed by atoms with Gasteiger partial charge in [0.2, 0.25) is 5.91 Å². The first kappa shape index (κ1) is 16.5. The maximum Gasteiger partial charge on any atom is 0.234 e. The number of aryl methyl sites for hydroxylation is 1. The largest absolute Gasteiger partial charge is 0.492 e. The SMILES string of the molecule is CCN(CCOc1cccc(C)c1)CC(=O)NC(C)C. The molecular formula is C16H26N2O2. The topological polar surface area (TPSA) is 41.6 Å². The van der Waals surface area contributed by atoms with Gasteiger partial charge in [0, 0.05) is 12.6 Å². The maximum absolute atomic E-state index is 11.7. The lowest BCUT2D eigenvalue weighted by Crippen LogP contribution is -2.41. The molecule has 1 rings (SSSR count). The zero-order valence-electron chi connectivity index (χ0n) is 13.0. The lowest BCUT2D eigenvalue weighted by atomic mass is 10.2. The van der Waals surface area contributed by atoms with Crippen LogP contribution in [0.1, 0.15) is 26.3 Å². The molecule has 0 saturated carbocycles. The molecule has 1 N–H and O–H groups in total. The molecule has 4 heteroatoms.